The van der Waals surface area contributed by atoms with Gasteiger partial charge < -0.3 is 10.6 Å². The average Bonchev–Trinajstić information content (AvgIpc) is 3.28. The summed E-state index contributed by atoms with van der Waals surface area (Å²) >= 11 is 2.24. The van der Waals surface area contributed by atoms with Crippen LogP contribution in [-0.2, 0) is 16.0 Å². The summed E-state index contributed by atoms with van der Waals surface area (Å²) in [5.74, 6) is -1.65. The fourth-order valence-electron chi connectivity index (χ4n) is 3.88. The van der Waals surface area contributed by atoms with Crippen molar-refractivity contribution in [3.63, 3.8) is 0 Å². The summed E-state index contributed by atoms with van der Waals surface area (Å²) in [7, 11) is 0. The first-order valence-corrected chi connectivity index (χ1v) is 12.7. The van der Waals surface area contributed by atoms with Crippen LogP contribution in [0.5, 0.6) is 0 Å². The van der Waals surface area contributed by atoms with E-state index >= 15 is 0 Å². The van der Waals surface area contributed by atoms with Gasteiger partial charge in [-0.15, -0.1) is 0 Å². The number of Topliss-reactive ketones (excluding diaryl/α,β-unsaturated/α-hetero) is 2. The Labute approximate surface area is 212 Å². The molecule has 0 saturated carbocycles. The number of carbonyl (C=O) groups excluding carboxylic acids is 4. The normalized spacial score (nSPS) is 11.7. The molecule has 3 rings (SSSR count). The quantitative estimate of drug-likeness (QED) is 0.387. The van der Waals surface area contributed by atoms with E-state index in [4.69, 9.17) is 0 Å². The third-order valence-electron chi connectivity index (χ3n) is 5.28. The van der Waals surface area contributed by atoms with Crippen molar-refractivity contribution in [2.24, 2.45) is 5.92 Å². The number of nitrogens with zero attached hydrogens (tertiary/aromatic N) is 2. The lowest BCUT2D eigenvalue weighted by Gasteiger charge is -2.16. The van der Waals surface area contributed by atoms with Gasteiger partial charge in [0.2, 0.25) is 11.8 Å². The number of aromatic nitrogens is 2. The molecule has 0 spiro atoms. The van der Waals surface area contributed by atoms with E-state index in [1.807, 2.05) is 32.0 Å². The SMILES string of the molecule is CC(=O)c1sc(NC(=O)CC(Cc2cc(C)cc(C)c2)C(=O)Nc2nc(C)c(C(C)=O)s2)nc1C. The molecule has 35 heavy (non-hydrogen) atoms. The first-order valence-electron chi connectivity index (χ1n) is 11.1. The highest BCUT2D eigenvalue weighted by Crippen LogP contribution is 2.26. The number of ketones is 2. The summed E-state index contributed by atoms with van der Waals surface area (Å²) in [6.07, 6.45) is 0.262. The van der Waals surface area contributed by atoms with Gasteiger partial charge in [-0.2, -0.15) is 0 Å². The van der Waals surface area contributed by atoms with Crippen LogP contribution >= 0.6 is 22.7 Å². The van der Waals surface area contributed by atoms with Crippen molar-refractivity contribution in [3.8, 4) is 0 Å². The minimum atomic E-state index is -0.686. The number of hydrogen-bond acceptors (Lipinski definition) is 8. The second-order valence-electron chi connectivity index (χ2n) is 8.62. The standard InChI is InChI=1S/C25H28N4O4S2/c1-12-7-13(2)9-18(8-12)10-19(23(33)29-25-27-15(4)22(35-25)17(6)31)11-20(32)28-24-26-14(3)21(34-24)16(5)30/h7-9,19H,10-11H2,1-6H3,(H,26,28,32)(H,27,29,33). The number of carbonyl (C=O) groups is 4. The molecule has 2 amide bonds. The van der Waals surface area contributed by atoms with E-state index in [1.165, 1.54) is 13.8 Å². The summed E-state index contributed by atoms with van der Waals surface area (Å²) in [6.45, 7) is 10.3. The second kappa shape index (κ2) is 11.0. The van der Waals surface area contributed by atoms with E-state index in [0.717, 1.165) is 39.4 Å². The Morgan fingerprint density at radius 3 is 1.74 bits per heavy atom. The molecule has 0 aliphatic carbocycles. The minimum absolute atomic E-state index is 0.0865. The van der Waals surface area contributed by atoms with Crippen LogP contribution in [0.2, 0.25) is 0 Å². The van der Waals surface area contributed by atoms with Crippen LogP contribution in [0.4, 0.5) is 10.3 Å². The zero-order valence-electron chi connectivity index (χ0n) is 20.6. The lowest BCUT2D eigenvalue weighted by atomic mass is 9.93. The van der Waals surface area contributed by atoms with Crippen LogP contribution in [-0.4, -0.2) is 33.3 Å². The fraction of sp³-hybridized carbons (Fsp3) is 0.360. The Kier molecular flexibility index (Phi) is 8.29. The number of hydrogen-bond donors (Lipinski definition) is 2. The number of anilines is 2. The molecular formula is C25H28N4O4S2. The maximum Gasteiger partial charge on any atom is 0.230 e. The van der Waals surface area contributed by atoms with Crippen molar-refractivity contribution in [2.75, 3.05) is 10.6 Å². The summed E-state index contributed by atoms with van der Waals surface area (Å²) in [5, 5.41) is 6.15. The van der Waals surface area contributed by atoms with Crippen LogP contribution in [0.3, 0.4) is 0 Å². The molecule has 0 bridgehead atoms. The van der Waals surface area contributed by atoms with Gasteiger partial charge in [-0.3, -0.25) is 19.2 Å². The minimum Gasteiger partial charge on any atom is -0.302 e. The highest BCUT2D eigenvalue weighted by molar-refractivity contribution is 7.18. The molecular weight excluding hydrogens is 484 g/mol. The maximum absolute atomic E-state index is 13.2. The number of amides is 2. The van der Waals surface area contributed by atoms with Crippen molar-refractivity contribution in [1.82, 2.24) is 9.97 Å². The zero-order chi connectivity index (χ0) is 25.9. The van der Waals surface area contributed by atoms with Crippen LogP contribution in [0, 0.1) is 33.6 Å². The third kappa shape index (κ3) is 6.89. The highest BCUT2D eigenvalue weighted by atomic mass is 32.1. The van der Waals surface area contributed by atoms with Crippen molar-refractivity contribution in [3.05, 3.63) is 56.0 Å². The first kappa shape index (κ1) is 26.4. The van der Waals surface area contributed by atoms with Crippen molar-refractivity contribution in [1.29, 1.82) is 0 Å². The summed E-state index contributed by atoms with van der Waals surface area (Å²) in [6, 6.07) is 6.04. The molecule has 8 nitrogen and oxygen atoms in total. The second-order valence-corrected chi connectivity index (χ2v) is 10.6. The summed E-state index contributed by atoms with van der Waals surface area (Å²) < 4.78 is 0. The van der Waals surface area contributed by atoms with E-state index < -0.39 is 5.92 Å². The average molecular weight is 513 g/mol. The topological polar surface area (TPSA) is 118 Å². The van der Waals surface area contributed by atoms with E-state index in [1.54, 1.807) is 13.8 Å². The van der Waals surface area contributed by atoms with Gasteiger partial charge in [-0.25, -0.2) is 9.97 Å². The van der Waals surface area contributed by atoms with Gasteiger partial charge in [-0.05, 0) is 39.7 Å². The van der Waals surface area contributed by atoms with Crippen LogP contribution in [0.25, 0.3) is 0 Å². The predicted molar refractivity (Wildman–Crippen MR) is 139 cm³/mol. The molecule has 1 unspecified atom stereocenters. The molecule has 184 valence electrons. The van der Waals surface area contributed by atoms with Gasteiger partial charge in [0.05, 0.1) is 27.1 Å². The van der Waals surface area contributed by atoms with Gasteiger partial charge in [0.15, 0.2) is 21.8 Å². The van der Waals surface area contributed by atoms with Gasteiger partial charge in [0.25, 0.3) is 0 Å². The fourth-order valence-corrected chi connectivity index (χ4v) is 5.63. The van der Waals surface area contributed by atoms with Gasteiger partial charge in [0, 0.05) is 20.3 Å². The maximum atomic E-state index is 13.2. The monoisotopic (exact) mass is 512 g/mol. The zero-order valence-corrected chi connectivity index (χ0v) is 22.2. The first-order chi connectivity index (χ1) is 16.4. The van der Waals surface area contributed by atoms with Crippen molar-refractivity contribution >= 4 is 56.3 Å². The summed E-state index contributed by atoms with van der Waals surface area (Å²) in [5.41, 5.74) is 4.20. The number of thiazole rings is 2. The Balaban J connectivity index is 1.81. The Hall–Kier alpha value is -3.24. The molecule has 0 radical (unpaired) electrons. The van der Waals surface area contributed by atoms with Crippen molar-refractivity contribution < 1.29 is 19.2 Å². The predicted octanol–water partition coefficient (Wildman–Crippen LogP) is 5.06. The Bertz CT molecular complexity index is 1290. The molecule has 10 heteroatoms. The molecule has 0 aliphatic heterocycles. The number of rotatable bonds is 9. The van der Waals surface area contributed by atoms with Crippen LogP contribution in [0.15, 0.2) is 18.2 Å². The van der Waals surface area contributed by atoms with Crippen molar-refractivity contribution in [2.45, 2.75) is 54.4 Å². The molecule has 1 aromatic carbocycles. The third-order valence-corrected chi connectivity index (χ3v) is 7.62. The van der Waals surface area contributed by atoms with Crippen LogP contribution in [0.1, 0.15) is 67.7 Å². The molecule has 0 aliphatic rings. The Morgan fingerprint density at radius 1 is 0.800 bits per heavy atom. The van der Waals surface area contributed by atoms with Gasteiger partial charge in [-0.1, -0.05) is 52.0 Å². The van der Waals surface area contributed by atoms with E-state index in [9.17, 15) is 19.2 Å². The number of nitrogens with one attached hydrogen (secondary N) is 2. The molecule has 0 saturated heterocycles. The molecule has 2 heterocycles. The molecule has 1 atom stereocenters. The number of aryl methyl sites for hydroxylation is 4. The molecule has 2 aromatic heterocycles. The highest BCUT2D eigenvalue weighted by Gasteiger charge is 2.25. The Morgan fingerprint density at radius 2 is 1.29 bits per heavy atom. The van der Waals surface area contributed by atoms with E-state index in [0.29, 0.717) is 37.8 Å². The lowest BCUT2D eigenvalue weighted by Crippen LogP contribution is -2.29. The van der Waals surface area contributed by atoms with E-state index in [-0.39, 0.29) is 29.8 Å². The van der Waals surface area contributed by atoms with E-state index in [2.05, 4.69) is 20.6 Å². The molecule has 3 aromatic rings. The van der Waals surface area contributed by atoms with Gasteiger partial charge >= 0.3 is 0 Å². The summed E-state index contributed by atoms with van der Waals surface area (Å²) in [4.78, 5) is 59.1. The number of benzene rings is 1. The van der Waals surface area contributed by atoms with Crippen LogP contribution < -0.4 is 10.6 Å². The molecule has 0 fully saturated rings. The molecule has 2 N–H and O–H groups in total. The smallest absolute Gasteiger partial charge is 0.230 e. The van der Waals surface area contributed by atoms with Gasteiger partial charge in [0.1, 0.15) is 0 Å². The lowest BCUT2D eigenvalue weighted by molar-refractivity contribution is -0.124. The largest absolute Gasteiger partial charge is 0.302 e.